The van der Waals surface area contributed by atoms with Crippen LogP contribution in [0.5, 0.6) is 0 Å². The Hall–Kier alpha value is -1.33. The van der Waals surface area contributed by atoms with E-state index in [1.807, 2.05) is 13.1 Å². The van der Waals surface area contributed by atoms with Crippen LogP contribution in [0.4, 0.5) is 0 Å². The van der Waals surface area contributed by atoms with Crippen LogP contribution in [0.25, 0.3) is 0 Å². The van der Waals surface area contributed by atoms with Gasteiger partial charge >= 0.3 is 0 Å². The van der Waals surface area contributed by atoms with Gasteiger partial charge in [0.05, 0.1) is 11.4 Å². The molecule has 2 heterocycles. The average molecular weight is 291 g/mol. The molecule has 0 bridgehead atoms. The first-order valence-corrected chi connectivity index (χ1v) is 7.83. The summed E-state index contributed by atoms with van der Waals surface area (Å²) in [6, 6.07) is 4.48. The summed E-state index contributed by atoms with van der Waals surface area (Å²) in [6.45, 7) is 7.28. The van der Waals surface area contributed by atoms with Gasteiger partial charge in [0.15, 0.2) is 0 Å². The molecule has 2 aromatic rings. The Morgan fingerprint density at radius 3 is 2.75 bits per heavy atom. The molecule has 0 radical (unpaired) electrons. The maximum atomic E-state index is 5.33. The molecule has 4 nitrogen and oxygen atoms in total. The number of oxazole rings is 1. The van der Waals surface area contributed by atoms with Gasteiger partial charge in [-0.2, -0.15) is 0 Å². The molecule has 5 heteroatoms. The lowest BCUT2D eigenvalue weighted by Crippen LogP contribution is -2.22. The monoisotopic (exact) mass is 291 g/mol. The van der Waals surface area contributed by atoms with E-state index in [1.165, 1.54) is 11.8 Å². The van der Waals surface area contributed by atoms with Gasteiger partial charge in [-0.3, -0.25) is 4.98 Å². The summed E-state index contributed by atoms with van der Waals surface area (Å²) in [7, 11) is 0. The summed E-state index contributed by atoms with van der Waals surface area (Å²) in [6.07, 6.45) is 5.72. The summed E-state index contributed by atoms with van der Waals surface area (Å²) < 4.78 is 5.33. The van der Waals surface area contributed by atoms with E-state index >= 15 is 0 Å². The van der Waals surface area contributed by atoms with Gasteiger partial charge in [0, 0.05) is 17.1 Å². The van der Waals surface area contributed by atoms with Gasteiger partial charge in [0.25, 0.3) is 5.22 Å². The zero-order chi connectivity index (χ0) is 14.4. The van der Waals surface area contributed by atoms with Crippen LogP contribution in [-0.4, -0.2) is 16.5 Å². The molecule has 0 aliphatic rings. The molecule has 0 amide bonds. The molecule has 0 saturated carbocycles. The number of aromatic nitrogens is 2. The molecule has 108 valence electrons. The molecular weight excluding hydrogens is 270 g/mol. The van der Waals surface area contributed by atoms with Crippen molar-refractivity contribution < 1.29 is 4.42 Å². The maximum absolute atomic E-state index is 5.33. The zero-order valence-corrected chi connectivity index (χ0v) is 13.0. The van der Waals surface area contributed by atoms with Crippen LogP contribution in [0.1, 0.15) is 44.1 Å². The highest BCUT2D eigenvalue weighted by molar-refractivity contribution is 7.99. The fourth-order valence-electron chi connectivity index (χ4n) is 1.91. The van der Waals surface area contributed by atoms with Gasteiger partial charge in [-0.25, -0.2) is 4.98 Å². The van der Waals surface area contributed by atoms with Crippen LogP contribution >= 0.6 is 11.8 Å². The van der Waals surface area contributed by atoms with E-state index in [0.29, 0.717) is 11.3 Å². The van der Waals surface area contributed by atoms with Crippen LogP contribution < -0.4 is 5.32 Å². The summed E-state index contributed by atoms with van der Waals surface area (Å²) in [5, 5.41) is 4.17. The van der Waals surface area contributed by atoms with E-state index in [1.54, 1.807) is 6.26 Å². The number of hydrogen-bond donors (Lipinski definition) is 1. The minimum atomic E-state index is 0.331. The molecule has 1 unspecified atom stereocenters. The Balaban J connectivity index is 2.01. The lowest BCUT2D eigenvalue weighted by atomic mass is 10.1. The van der Waals surface area contributed by atoms with E-state index in [4.69, 9.17) is 4.42 Å². The third-order valence-electron chi connectivity index (χ3n) is 2.97. The zero-order valence-electron chi connectivity index (χ0n) is 12.2. The Bertz CT molecular complexity index is 524. The minimum Gasteiger partial charge on any atom is -0.439 e. The highest BCUT2D eigenvalue weighted by atomic mass is 32.2. The number of nitrogens with one attached hydrogen (secondary N) is 1. The van der Waals surface area contributed by atoms with E-state index < -0.39 is 0 Å². The third-order valence-corrected chi connectivity index (χ3v) is 3.81. The Morgan fingerprint density at radius 1 is 1.35 bits per heavy atom. The van der Waals surface area contributed by atoms with Gasteiger partial charge in [-0.1, -0.05) is 13.8 Å². The first kappa shape index (κ1) is 15.1. The van der Waals surface area contributed by atoms with Crippen molar-refractivity contribution >= 4 is 11.8 Å². The van der Waals surface area contributed by atoms with Crippen molar-refractivity contribution in [2.24, 2.45) is 0 Å². The van der Waals surface area contributed by atoms with Crippen molar-refractivity contribution in [1.82, 2.24) is 15.3 Å². The second-order valence-electron chi connectivity index (χ2n) is 4.69. The Kier molecular flexibility index (Phi) is 5.61. The Morgan fingerprint density at radius 2 is 2.20 bits per heavy atom. The quantitative estimate of drug-likeness (QED) is 0.836. The van der Waals surface area contributed by atoms with Gasteiger partial charge < -0.3 is 9.73 Å². The van der Waals surface area contributed by atoms with Crippen LogP contribution in [0, 0.1) is 6.92 Å². The molecule has 0 aromatic carbocycles. The number of nitrogens with zero attached hydrogens (tertiary/aromatic N) is 2. The van der Waals surface area contributed by atoms with E-state index in [0.717, 1.165) is 35.7 Å². The van der Waals surface area contributed by atoms with Crippen molar-refractivity contribution in [3.8, 4) is 0 Å². The topological polar surface area (TPSA) is 51.0 Å². The van der Waals surface area contributed by atoms with Crippen LogP contribution in [0.3, 0.4) is 0 Å². The fourth-order valence-corrected chi connectivity index (χ4v) is 2.64. The molecule has 2 rings (SSSR count). The van der Waals surface area contributed by atoms with E-state index in [-0.39, 0.29) is 0 Å². The summed E-state index contributed by atoms with van der Waals surface area (Å²) in [5.74, 6) is 0. The number of aryl methyl sites for hydroxylation is 1. The average Bonchev–Trinajstić information content (AvgIpc) is 2.86. The summed E-state index contributed by atoms with van der Waals surface area (Å²) in [5.41, 5.74) is 1.99. The molecule has 1 N–H and O–H groups in total. The molecule has 20 heavy (non-hydrogen) atoms. The van der Waals surface area contributed by atoms with Gasteiger partial charge in [0.1, 0.15) is 6.26 Å². The van der Waals surface area contributed by atoms with Gasteiger partial charge in [0.2, 0.25) is 0 Å². The highest BCUT2D eigenvalue weighted by Crippen LogP contribution is 2.27. The SMILES string of the molecule is CCCNC(CC)c1ccc(Sc2nc(C)co2)cn1. The normalized spacial score (nSPS) is 12.6. The molecule has 1 atom stereocenters. The number of pyridine rings is 1. The van der Waals surface area contributed by atoms with Gasteiger partial charge in [-0.15, -0.1) is 0 Å². The van der Waals surface area contributed by atoms with Crippen LogP contribution in [-0.2, 0) is 0 Å². The molecule has 2 aromatic heterocycles. The predicted molar refractivity (Wildman–Crippen MR) is 80.9 cm³/mol. The molecular formula is C15H21N3OS. The van der Waals surface area contributed by atoms with Gasteiger partial charge in [-0.05, 0) is 50.2 Å². The third kappa shape index (κ3) is 4.08. The Labute approximate surface area is 124 Å². The highest BCUT2D eigenvalue weighted by Gasteiger charge is 2.10. The largest absolute Gasteiger partial charge is 0.439 e. The van der Waals surface area contributed by atoms with Crippen molar-refractivity contribution in [1.29, 1.82) is 0 Å². The first-order chi connectivity index (χ1) is 9.72. The maximum Gasteiger partial charge on any atom is 0.260 e. The van der Waals surface area contributed by atoms with Crippen molar-refractivity contribution in [3.63, 3.8) is 0 Å². The summed E-state index contributed by atoms with van der Waals surface area (Å²) >= 11 is 1.49. The van der Waals surface area contributed by atoms with Crippen molar-refractivity contribution in [2.75, 3.05) is 6.54 Å². The summed E-state index contributed by atoms with van der Waals surface area (Å²) in [4.78, 5) is 9.87. The molecule has 0 saturated heterocycles. The van der Waals surface area contributed by atoms with E-state index in [9.17, 15) is 0 Å². The predicted octanol–water partition coefficient (Wildman–Crippen LogP) is 3.98. The molecule has 0 aliphatic carbocycles. The minimum absolute atomic E-state index is 0.331. The second kappa shape index (κ2) is 7.45. The fraction of sp³-hybridized carbons (Fsp3) is 0.467. The standard InChI is InChI=1S/C15H21N3OS/c1-4-8-16-13(5-2)14-7-6-12(9-17-14)20-15-18-11(3)10-19-15/h6-7,9-10,13,16H,4-5,8H2,1-3H3. The molecule has 0 fully saturated rings. The van der Waals surface area contributed by atoms with E-state index in [2.05, 4.69) is 41.3 Å². The second-order valence-corrected chi connectivity index (χ2v) is 5.72. The smallest absolute Gasteiger partial charge is 0.260 e. The first-order valence-electron chi connectivity index (χ1n) is 7.02. The van der Waals surface area contributed by atoms with Crippen molar-refractivity contribution in [3.05, 3.63) is 36.0 Å². The molecule has 0 spiro atoms. The lowest BCUT2D eigenvalue weighted by Gasteiger charge is -2.15. The number of rotatable bonds is 7. The number of hydrogen-bond acceptors (Lipinski definition) is 5. The lowest BCUT2D eigenvalue weighted by molar-refractivity contribution is 0.454. The van der Waals surface area contributed by atoms with Crippen LogP contribution in [0.2, 0.25) is 0 Å². The molecule has 0 aliphatic heterocycles. The van der Waals surface area contributed by atoms with Crippen LogP contribution in [0.15, 0.2) is 39.1 Å². The van der Waals surface area contributed by atoms with Crippen molar-refractivity contribution in [2.45, 2.75) is 49.8 Å².